The van der Waals surface area contributed by atoms with Crippen LogP contribution in [0.1, 0.15) is 99.9 Å². The predicted molar refractivity (Wildman–Crippen MR) is 123 cm³/mol. The quantitative estimate of drug-likeness (QED) is 0.502. The second-order valence-electron chi connectivity index (χ2n) is 12.0. The van der Waals surface area contributed by atoms with Gasteiger partial charge in [0.25, 0.3) is 5.91 Å². The highest BCUT2D eigenvalue weighted by Gasteiger charge is 2.51. The second-order valence-corrected chi connectivity index (χ2v) is 12.0. The number of halogens is 1. The summed E-state index contributed by atoms with van der Waals surface area (Å²) >= 11 is 0. The van der Waals surface area contributed by atoms with Crippen LogP contribution in [0.25, 0.3) is 0 Å². The van der Waals surface area contributed by atoms with Crippen LogP contribution < -0.4 is 4.74 Å². The molecule has 6 aliphatic rings. The van der Waals surface area contributed by atoms with Crippen molar-refractivity contribution in [2.75, 3.05) is 13.2 Å². The van der Waals surface area contributed by atoms with E-state index in [-0.39, 0.29) is 17.5 Å². The first-order chi connectivity index (χ1) is 15.4. The van der Waals surface area contributed by atoms with Crippen LogP contribution in [0, 0.1) is 34.9 Å². The van der Waals surface area contributed by atoms with Crippen molar-refractivity contribution < 1.29 is 13.9 Å². The van der Waals surface area contributed by atoms with E-state index in [0.29, 0.717) is 23.0 Å². The summed E-state index contributed by atoms with van der Waals surface area (Å²) in [5.74, 6) is 3.77. The summed E-state index contributed by atoms with van der Waals surface area (Å²) in [5, 5.41) is 0. The predicted octanol–water partition coefficient (Wildman–Crippen LogP) is 6.56. The molecule has 0 spiro atoms. The Morgan fingerprint density at radius 3 is 2.31 bits per heavy atom. The van der Waals surface area contributed by atoms with Crippen molar-refractivity contribution in [3.05, 3.63) is 29.1 Å². The lowest BCUT2D eigenvalue weighted by molar-refractivity contribution is -0.0747. The molecule has 3 nitrogen and oxygen atoms in total. The molecule has 4 bridgehead atoms. The average molecular weight is 440 g/mol. The summed E-state index contributed by atoms with van der Waals surface area (Å²) in [6.45, 7) is 5.75. The number of amides is 1. The van der Waals surface area contributed by atoms with Crippen LogP contribution in [-0.4, -0.2) is 30.0 Å². The molecule has 174 valence electrons. The number of hydrogen-bond donors (Lipinski definition) is 0. The molecule has 1 aromatic carbocycles. The van der Waals surface area contributed by atoms with Crippen LogP contribution in [0.5, 0.6) is 5.75 Å². The molecule has 0 aromatic heterocycles. The van der Waals surface area contributed by atoms with Gasteiger partial charge >= 0.3 is 0 Å². The fourth-order valence-electron chi connectivity index (χ4n) is 8.26. The van der Waals surface area contributed by atoms with Crippen LogP contribution >= 0.6 is 0 Å². The fraction of sp³-hybridized carbons (Fsp3) is 0.750. The molecule has 0 radical (unpaired) electrons. The van der Waals surface area contributed by atoms with Crippen molar-refractivity contribution in [3.8, 4) is 5.75 Å². The number of likely N-dealkylation sites (tertiary alicyclic amines) is 1. The lowest BCUT2D eigenvalue weighted by Crippen LogP contribution is -2.48. The molecule has 2 unspecified atom stereocenters. The van der Waals surface area contributed by atoms with Gasteiger partial charge in [0.1, 0.15) is 11.6 Å². The van der Waals surface area contributed by atoms with Gasteiger partial charge in [0.15, 0.2) is 0 Å². The number of ether oxygens (including phenoxy) is 1. The van der Waals surface area contributed by atoms with E-state index in [0.717, 1.165) is 62.2 Å². The number of nitrogens with zero attached hydrogens (tertiary/aromatic N) is 1. The fourth-order valence-corrected chi connectivity index (χ4v) is 8.26. The largest absolute Gasteiger partial charge is 0.493 e. The number of carbonyl (C=O) groups excluding carboxylic acids is 1. The second kappa shape index (κ2) is 7.74. The molecule has 1 amide bonds. The summed E-state index contributed by atoms with van der Waals surface area (Å²) in [7, 11) is 0. The van der Waals surface area contributed by atoms with Crippen molar-refractivity contribution >= 4 is 5.91 Å². The van der Waals surface area contributed by atoms with Crippen molar-refractivity contribution in [3.63, 3.8) is 0 Å². The highest BCUT2D eigenvalue weighted by atomic mass is 19.1. The maximum absolute atomic E-state index is 15.3. The smallest absolute Gasteiger partial charge is 0.257 e. The minimum Gasteiger partial charge on any atom is -0.493 e. The molecule has 1 aromatic rings. The molecule has 1 heterocycles. The first-order valence-corrected chi connectivity index (χ1v) is 13.2. The maximum Gasteiger partial charge on any atom is 0.257 e. The highest BCUT2D eigenvalue weighted by molar-refractivity contribution is 5.95. The molecule has 5 saturated carbocycles. The molecule has 7 rings (SSSR count). The van der Waals surface area contributed by atoms with E-state index in [1.54, 1.807) is 6.07 Å². The van der Waals surface area contributed by atoms with E-state index in [2.05, 4.69) is 13.8 Å². The summed E-state index contributed by atoms with van der Waals surface area (Å²) in [6.07, 6.45) is 12.5. The molecule has 32 heavy (non-hydrogen) atoms. The number of carbonyl (C=O) groups is 1. The Hall–Kier alpha value is -1.58. The van der Waals surface area contributed by atoms with Crippen molar-refractivity contribution in [2.24, 2.45) is 29.1 Å². The van der Waals surface area contributed by atoms with Gasteiger partial charge in [-0.15, -0.1) is 0 Å². The Bertz CT molecular complexity index is 872. The summed E-state index contributed by atoms with van der Waals surface area (Å²) < 4.78 is 21.7. The van der Waals surface area contributed by atoms with Gasteiger partial charge < -0.3 is 9.64 Å². The monoisotopic (exact) mass is 439 g/mol. The molecule has 5 aliphatic carbocycles. The van der Waals surface area contributed by atoms with Gasteiger partial charge in [-0.1, -0.05) is 13.3 Å². The zero-order valence-corrected chi connectivity index (χ0v) is 19.7. The van der Waals surface area contributed by atoms with Gasteiger partial charge in [0.2, 0.25) is 0 Å². The van der Waals surface area contributed by atoms with E-state index in [1.807, 2.05) is 11.0 Å². The average Bonchev–Trinajstić information content (AvgIpc) is 3.53. The molecule has 6 fully saturated rings. The Kier molecular flexibility index (Phi) is 5.07. The Morgan fingerprint density at radius 1 is 1.09 bits per heavy atom. The normalized spacial score (nSPS) is 37.8. The van der Waals surface area contributed by atoms with Crippen LogP contribution in [0.4, 0.5) is 4.39 Å². The van der Waals surface area contributed by atoms with Gasteiger partial charge in [0, 0.05) is 24.1 Å². The van der Waals surface area contributed by atoms with Crippen molar-refractivity contribution in [1.29, 1.82) is 0 Å². The third kappa shape index (κ3) is 3.56. The summed E-state index contributed by atoms with van der Waals surface area (Å²) in [6, 6.07) is 3.57. The lowest BCUT2D eigenvalue weighted by atomic mass is 9.50. The first-order valence-electron chi connectivity index (χ1n) is 13.2. The SMILES string of the molecule is CCC1CCN(C(=O)c2cc(C3CC3)c(OCC34CC5CC(CC(C5)C3)C4)cc2F)C1C. The van der Waals surface area contributed by atoms with Gasteiger partial charge in [-0.05, 0) is 106 Å². The third-order valence-corrected chi connectivity index (χ3v) is 9.75. The Morgan fingerprint density at radius 2 is 1.75 bits per heavy atom. The molecular weight excluding hydrogens is 401 g/mol. The van der Waals surface area contributed by atoms with Crippen molar-refractivity contribution in [1.82, 2.24) is 4.90 Å². The van der Waals surface area contributed by atoms with Crippen LogP contribution in [-0.2, 0) is 0 Å². The topological polar surface area (TPSA) is 29.5 Å². The zero-order valence-electron chi connectivity index (χ0n) is 19.7. The standard InChI is InChI=1S/C28H38FNO2/c1-3-21-6-7-30(17(21)2)27(31)24-11-23(22-4-5-22)26(12-25(24)29)32-16-28-13-18-8-19(14-28)10-20(9-18)15-28/h11-12,17-22H,3-10,13-16H2,1-2H3. The van der Waals surface area contributed by atoms with E-state index in [1.165, 1.54) is 38.5 Å². The van der Waals surface area contributed by atoms with E-state index in [4.69, 9.17) is 4.74 Å². The van der Waals surface area contributed by atoms with Crippen LogP contribution in [0.15, 0.2) is 12.1 Å². The molecule has 1 aliphatic heterocycles. The third-order valence-electron chi connectivity index (χ3n) is 9.75. The Labute approximate surface area is 192 Å². The van der Waals surface area contributed by atoms with Crippen LogP contribution in [0.3, 0.4) is 0 Å². The first kappa shape index (κ1) is 21.0. The van der Waals surface area contributed by atoms with Gasteiger partial charge in [0.05, 0.1) is 12.2 Å². The minimum atomic E-state index is -0.410. The van der Waals surface area contributed by atoms with E-state index < -0.39 is 5.82 Å². The van der Waals surface area contributed by atoms with Crippen LogP contribution in [0.2, 0.25) is 0 Å². The zero-order chi connectivity index (χ0) is 22.0. The van der Waals surface area contributed by atoms with E-state index >= 15 is 4.39 Å². The van der Waals surface area contributed by atoms with Crippen molar-refractivity contribution in [2.45, 2.75) is 90.0 Å². The molecule has 0 N–H and O–H groups in total. The van der Waals surface area contributed by atoms with Gasteiger partial charge in [-0.2, -0.15) is 0 Å². The molecule has 4 heteroatoms. The lowest BCUT2D eigenvalue weighted by Gasteiger charge is -2.56. The Balaban J connectivity index is 1.23. The molecular formula is C28H38FNO2. The molecule has 2 atom stereocenters. The van der Waals surface area contributed by atoms with Gasteiger partial charge in [-0.25, -0.2) is 4.39 Å². The summed E-state index contributed by atoms with van der Waals surface area (Å²) in [5.41, 5.74) is 1.62. The molecule has 1 saturated heterocycles. The maximum atomic E-state index is 15.3. The number of rotatable bonds is 6. The summed E-state index contributed by atoms with van der Waals surface area (Å²) in [4.78, 5) is 15.2. The van der Waals surface area contributed by atoms with E-state index in [9.17, 15) is 4.79 Å². The number of hydrogen-bond acceptors (Lipinski definition) is 2. The minimum absolute atomic E-state index is 0.138. The highest BCUT2D eigenvalue weighted by Crippen LogP contribution is 2.60. The van der Waals surface area contributed by atoms with Gasteiger partial charge in [-0.3, -0.25) is 4.79 Å². The number of benzene rings is 1.